The molecule has 0 amide bonds. The number of rotatable bonds is 5. The Morgan fingerprint density at radius 1 is 1.22 bits per heavy atom. The highest BCUT2D eigenvalue weighted by atomic mass is 35.5. The van der Waals surface area contributed by atoms with Crippen molar-refractivity contribution in [1.29, 1.82) is 0 Å². The number of hydrogen-bond acceptors (Lipinski definition) is 4. The summed E-state index contributed by atoms with van der Waals surface area (Å²) < 4.78 is 31.2. The topological polar surface area (TPSA) is 69.3 Å². The van der Waals surface area contributed by atoms with Gasteiger partial charge in [0.25, 0.3) is 0 Å². The van der Waals surface area contributed by atoms with Crippen molar-refractivity contribution in [3.8, 4) is 16.9 Å². The van der Waals surface area contributed by atoms with E-state index in [1.54, 1.807) is 25.2 Å². The molecule has 3 unspecified atom stereocenters. The Balaban J connectivity index is 1.76. The van der Waals surface area contributed by atoms with Gasteiger partial charge in [0.2, 0.25) is 0 Å². The largest absolute Gasteiger partial charge is 0.490 e. The summed E-state index contributed by atoms with van der Waals surface area (Å²) in [6.07, 6.45) is 2.82. The van der Waals surface area contributed by atoms with Gasteiger partial charge in [-0.1, -0.05) is 17.7 Å². The van der Waals surface area contributed by atoms with Crippen molar-refractivity contribution in [3.05, 3.63) is 52.8 Å². The molecule has 1 aliphatic carbocycles. The molecule has 4 atom stereocenters. The number of nitrogens with zero attached hydrogens (tertiary/aromatic N) is 2. The first kappa shape index (κ1) is 22.8. The molecule has 0 aromatic heterocycles. The maximum Gasteiger partial charge on any atom is 0.193 e. The van der Waals surface area contributed by atoms with Gasteiger partial charge in [0.05, 0.1) is 12.1 Å². The number of aliphatic imine (C=N–C) groups is 1. The van der Waals surface area contributed by atoms with Gasteiger partial charge in [0.1, 0.15) is 24.4 Å². The van der Waals surface area contributed by atoms with Gasteiger partial charge in [-0.25, -0.2) is 9.38 Å². The molecule has 1 fully saturated rings. The van der Waals surface area contributed by atoms with E-state index in [9.17, 15) is 4.39 Å². The second kappa shape index (κ2) is 9.65. The molecule has 2 aliphatic rings. The van der Waals surface area contributed by atoms with Crippen LogP contribution in [-0.2, 0) is 9.47 Å². The van der Waals surface area contributed by atoms with E-state index in [2.05, 4.69) is 0 Å². The lowest BCUT2D eigenvalue weighted by molar-refractivity contribution is -0.0243. The zero-order valence-corrected chi connectivity index (χ0v) is 19.3. The third-order valence-electron chi connectivity index (χ3n) is 6.32. The molecular formula is C24H29ClFN3O3. The summed E-state index contributed by atoms with van der Waals surface area (Å²) in [5.41, 5.74) is 8.81. The van der Waals surface area contributed by atoms with Gasteiger partial charge in [0, 0.05) is 44.2 Å². The Morgan fingerprint density at radius 2 is 2.03 bits per heavy atom. The first-order valence-electron chi connectivity index (χ1n) is 10.7. The normalized spacial score (nSPS) is 25.0. The second-order valence-electron chi connectivity index (χ2n) is 8.45. The Labute approximate surface area is 193 Å². The average Bonchev–Trinajstić information content (AvgIpc) is 2.77. The third-order valence-corrected chi connectivity index (χ3v) is 6.54. The van der Waals surface area contributed by atoms with E-state index in [0.29, 0.717) is 23.3 Å². The SMILES string of the molecule is COCN(C)C(N)=NC1c2cc(-c3cc(F)cc(Cl)c3)ccc2O[C@@H]2CC(OC)CCC12. The molecule has 0 saturated heterocycles. The highest BCUT2D eigenvalue weighted by molar-refractivity contribution is 6.30. The van der Waals surface area contributed by atoms with Gasteiger partial charge >= 0.3 is 0 Å². The van der Waals surface area contributed by atoms with Crippen molar-refractivity contribution in [1.82, 2.24) is 4.90 Å². The molecule has 172 valence electrons. The van der Waals surface area contributed by atoms with E-state index in [0.717, 1.165) is 36.1 Å². The molecular weight excluding hydrogens is 433 g/mol. The molecule has 2 aromatic rings. The Bertz CT molecular complexity index is 982. The molecule has 1 aliphatic heterocycles. The summed E-state index contributed by atoms with van der Waals surface area (Å²) in [5, 5.41) is 0.354. The standard InChI is InChI=1S/C24H29ClFN3O3/c1-29(13-30-2)24(27)28-23-19-6-5-18(31-3)12-22(19)32-21-7-4-14(10-20(21)23)15-8-16(25)11-17(26)9-15/h4,7-11,18-19,22-23H,5-6,12-13H2,1-3H3,(H2,27,28)/t18?,19?,22-,23?/m1/s1. The Kier molecular flexibility index (Phi) is 6.88. The van der Waals surface area contributed by atoms with Crippen molar-refractivity contribution in [2.75, 3.05) is 28.0 Å². The van der Waals surface area contributed by atoms with Crippen molar-refractivity contribution in [2.24, 2.45) is 16.6 Å². The fourth-order valence-electron chi connectivity index (χ4n) is 4.67. The minimum absolute atomic E-state index is 0.00931. The minimum Gasteiger partial charge on any atom is -0.490 e. The lowest BCUT2D eigenvalue weighted by Crippen LogP contribution is -2.44. The summed E-state index contributed by atoms with van der Waals surface area (Å²) in [4.78, 5) is 6.69. The molecule has 0 radical (unpaired) electrons. The number of methoxy groups -OCH3 is 2. The van der Waals surface area contributed by atoms with Crippen LogP contribution in [0.4, 0.5) is 4.39 Å². The van der Waals surface area contributed by atoms with Gasteiger partial charge in [-0.2, -0.15) is 0 Å². The van der Waals surface area contributed by atoms with Gasteiger partial charge < -0.3 is 24.8 Å². The maximum absolute atomic E-state index is 14.0. The van der Waals surface area contributed by atoms with Gasteiger partial charge in [0.15, 0.2) is 5.96 Å². The van der Waals surface area contributed by atoms with Gasteiger partial charge in [-0.15, -0.1) is 0 Å². The number of halogens is 2. The first-order chi connectivity index (χ1) is 15.4. The summed E-state index contributed by atoms with van der Waals surface area (Å²) in [5.74, 6) is 0.955. The Hall–Kier alpha value is -2.35. The number of benzene rings is 2. The van der Waals surface area contributed by atoms with E-state index in [1.807, 2.05) is 25.2 Å². The van der Waals surface area contributed by atoms with Crippen LogP contribution in [0.5, 0.6) is 5.75 Å². The van der Waals surface area contributed by atoms with Gasteiger partial charge in [-0.05, 0) is 54.3 Å². The van der Waals surface area contributed by atoms with Crippen LogP contribution in [0, 0.1) is 11.7 Å². The predicted molar refractivity (Wildman–Crippen MR) is 123 cm³/mol. The van der Waals surface area contributed by atoms with Gasteiger partial charge in [-0.3, -0.25) is 0 Å². The quantitative estimate of drug-likeness (QED) is 0.400. The molecule has 2 aromatic carbocycles. The number of hydrogen-bond donors (Lipinski definition) is 1. The van der Waals surface area contributed by atoms with E-state index in [1.165, 1.54) is 12.1 Å². The van der Waals surface area contributed by atoms with E-state index >= 15 is 0 Å². The fraction of sp³-hybridized carbons (Fsp3) is 0.458. The van der Waals surface area contributed by atoms with Crippen LogP contribution >= 0.6 is 11.6 Å². The predicted octanol–water partition coefficient (Wildman–Crippen LogP) is 4.61. The number of nitrogens with two attached hydrogens (primary N) is 1. The molecule has 6 nitrogen and oxygen atoms in total. The van der Waals surface area contributed by atoms with Crippen molar-refractivity contribution in [2.45, 2.75) is 37.5 Å². The summed E-state index contributed by atoms with van der Waals surface area (Å²) in [6, 6.07) is 10.2. The fourth-order valence-corrected chi connectivity index (χ4v) is 4.90. The van der Waals surface area contributed by atoms with Crippen LogP contribution in [0.25, 0.3) is 11.1 Å². The lowest BCUT2D eigenvalue weighted by Gasteiger charge is -2.43. The smallest absolute Gasteiger partial charge is 0.193 e. The Morgan fingerprint density at radius 3 is 2.75 bits per heavy atom. The van der Waals surface area contributed by atoms with Crippen LogP contribution in [0.2, 0.25) is 5.02 Å². The molecule has 1 heterocycles. The van der Waals surface area contributed by atoms with Crippen molar-refractivity contribution < 1.29 is 18.6 Å². The lowest BCUT2D eigenvalue weighted by atomic mass is 9.75. The number of ether oxygens (including phenoxy) is 3. The van der Waals surface area contributed by atoms with Crippen LogP contribution < -0.4 is 10.5 Å². The molecule has 0 spiro atoms. The molecule has 2 N–H and O–H groups in total. The van der Waals surface area contributed by atoms with Crippen LogP contribution in [0.15, 0.2) is 41.4 Å². The van der Waals surface area contributed by atoms with Crippen molar-refractivity contribution >= 4 is 17.6 Å². The first-order valence-corrected chi connectivity index (χ1v) is 11.1. The monoisotopic (exact) mass is 461 g/mol. The molecule has 1 saturated carbocycles. The molecule has 4 rings (SSSR count). The van der Waals surface area contributed by atoms with Crippen LogP contribution in [0.1, 0.15) is 30.9 Å². The summed E-state index contributed by atoms with van der Waals surface area (Å²) in [7, 11) is 5.20. The van der Waals surface area contributed by atoms with E-state index in [-0.39, 0.29) is 30.0 Å². The van der Waals surface area contributed by atoms with Crippen molar-refractivity contribution in [3.63, 3.8) is 0 Å². The molecule has 8 heteroatoms. The van der Waals surface area contributed by atoms with Crippen LogP contribution in [0.3, 0.4) is 0 Å². The van der Waals surface area contributed by atoms with E-state index < -0.39 is 0 Å². The number of guanidine groups is 1. The maximum atomic E-state index is 14.0. The second-order valence-corrected chi connectivity index (χ2v) is 8.89. The zero-order valence-electron chi connectivity index (χ0n) is 18.6. The molecule has 0 bridgehead atoms. The molecule has 32 heavy (non-hydrogen) atoms. The zero-order chi connectivity index (χ0) is 22.8. The highest BCUT2D eigenvalue weighted by Crippen LogP contribution is 2.48. The average molecular weight is 462 g/mol. The van der Waals surface area contributed by atoms with E-state index in [4.69, 9.17) is 36.5 Å². The number of fused-ring (bicyclic) bond motifs is 2. The third kappa shape index (κ3) is 4.70. The summed E-state index contributed by atoms with van der Waals surface area (Å²) in [6.45, 7) is 0.340. The minimum atomic E-state index is -0.376. The highest BCUT2D eigenvalue weighted by Gasteiger charge is 2.42. The summed E-state index contributed by atoms with van der Waals surface area (Å²) >= 11 is 6.09. The van der Waals surface area contributed by atoms with Crippen LogP contribution in [-0.4, -0.2) is 51.1 Å².